The maximum atomic E-state index is 12.7. The van der Waals surface area contributed by atoms with E-state index in [1.165, 1.54) is 4.90 Å². The maximum Gasteiger partial charge on any atom is 0.329 e. The molecule has 20 heavy (non-hydrogen) atoms. The van der Waals surface area contributed by atoms with Crippen molar-refractivity contribution in [2.75, 3.05) is 10.6 Å². The Bertz CT molecular complexity index is 531. The Balaban J connectivity index is 1.91. The summed E-state index contributed by atoms with van der Waals surface area (Å²) in [6, 6.07) is 6.51. The van der Waals surface area contributed by atoms with E-state index < -0.39 is 5.54 Å². The first-order chi connectivity index (χ1) is 9.62. The van der Waals surface area contributed by atoms with Gasteiger partial charge in [0.2, 0.25) is 0 Å². The van der Waals surface area contributed by atoms with Crippen molar-refractivity contribution in [3.63, 3.8) is 0 Å². The minimum Gasteiger partial charge on any atom is -0.399 e. The number of benzene rings is 1. The van der Waals surface area contributed by atoms with Gasteiger partial charge in [-0.2, -0.15) is 0 Å². The van der Waals surface area contributed by atoms with E-state index >= 15 is 0 Å². The second-order valence-corrected chi connectivity index (χ2v) is 5.66. The van der Waals surface area contributed by atoms with Crippen molar-refractivity contribution in [3.8, 4) is 0 Å². The minimum absolute atomic E-state index is 0.117. The number of urea groups is 1. The molecule has 3 amide bonds. The van der Waals surface area contributed by atoms with E-state index in [2.05, 4.69) is 5.32 Å². The number of hydrogen-bond acceptors (Lipinski definition) is 3. The van der Waals surface area contributed by atoms with E-state index in [0.29, 0.717) is 11.4 Å². The van der Waals surface area contributed by atoms with E-state index in [-0.39, 0.29) is 11.9 Å². The standard InChI is InChI=1S/C15H19N3O2/c16-11-5-7-12(8-6-11)18-13(19)15(17-14(18)20)9-3-1-2-4-10-15/h5-8H,1-4,9-10,16H2,(H,17,20). The van der Waals surface area contributed by atoms with Crippen molar-refractivity contribution in [1.82, 2.24) is 5.32 Å². The third kappa shape index (κ3) is 2.03. The van der Waals surface area contributed by atoms with Crippen molar-refractivity contribution in [2.24, 2.45) is 0 Å². The molecule has 1 saturated carbocycles. The van der Waals surface area contributed by atoms with Gasteiger partial charge in [0.05, 0.1) is 5.69 Å². The number of hydrogen-bond donors (Lipinski definition) is 2. The Morgan fingerprint density at radius 1 is 1.00 bits per heavy atom. The molecule has 0 aromatic heterocycles. The van der Waals surface area contributed by atoms with Crippen LogP contribution in [0.3, 0.4) is 0 Å². The predicted molar refractivity (Wildman–Crippen MR) is 77.3 cm³/mol. The summed E-state index contributed by atoms with van der Waals surface area (Å²) in [5.74, 6) is -0.117. The Morgan fingerprint density at radius 3 is 2.20 bits per heavy atom. The second-order valence-electron chi connectivity index (χ2n) is 5.66. The number of nitrogens with two attached hydrogens (primary N) is 1. The number of carbonyl (C=O) groups excluding carboxylic acids is 2. The molecule has 3 N–H and O–H groups in total. The molecule has 0 unspecified atom stereocenters. The molecule has 0 radical (unpaired) electrons. The molecule has 2 aliphatic rings. The molecule has 1 spiro atoms. The summed E-state index contributed by atoms with van der Waals surface area (Å²) in [5.41, 5.74) is 6.16. The molecule has 106 valence electrons. The first-order valence-electron chi connectivity index (χ1n) is 7.15. The lowest BCUT2D eigenvalue weighted by molar-refractivity contribution is -0.122. The van der Waals surface area contributed by atoms with Crippen molar-refractivity contribution < 1.29 is 9.59 Å². The Kier molecular flexibility index (Phi) is 3.12. The summed E-state index contributed by atoms with van der Waals surface area (Å²) < 4.78 is 0. The van der Waals surface area contributed by atoms with Crippen molar-refractivity contribution >= 4 is 23.3 Å². The normalized spacial score (nSPS) is 21.9. The van der Waals surface area contributed by atoms with E-state index in [9.17, 15) is 9.59 Å². The lowest BCUT2D eigenvalue weighted by atomic mass is 9.90. The molecule has 1 aromatic rings. The zero-order valence-electron chi connectivity index (χ0n) is 11.4. The number of nitrogens with one attached hydrogen (secondary N) is 1. The van der Waals surface area contributed by atoms with Gasteiger partial charge in [-0.3, -0.25) is 4.79 Å². The number of nitrogens with zero attached hydrogens (tertiary/aromatic N) is 1. The Morgan fingerprint density at radius 2 is 1.60 bits per heavy atom. The summed E-state index contributed by atoms with van der Waals surface area (Å²) in [6.07, 6.45) is 5.72. The summed E-state index contributed by atoms with van der Waals surface area (Å²) in [5, 5.41) is 2.93. The van der Waals surface area contributed by atoms with Crippen molar-refractivity contribution in [3.05, 3.63) is 24.3 Å². The van der Waals surface area contributed by atoms with Crippen molar-refractivity contribution in [1.29, 1.82) is 0 Å². The second kappa shape index (κ2) is 4.81. The molecule has 0 atom stereocenters. The summed E-state index contributed by atoms with van der Waals surface area (Å²) in [7, 11) is 0. The van der Waals surface area contributed by atoms with Gasteiger partial charge in [0.25, 0.3) is 5.91 Å². The SMILES string of the molecule is Nc1ccc(N2C(=O)NC3(CCCCCC3)C2=O)cc1. The summed E-state index contributed by atoms with van der Waals surface area (Å²) in [6.45, 7) is 0. The summed E-state index contributed by atoms with van der Waals surface area (Å²) in [4.78, 5) is 26.2. The fourth-order valence-electron chi connectivity index (χ4n) is 3.15. The molecule has 1 aliphatic heterocycles. The minimum atomic E-state index is -0.686. The molecule has 2 fully saturated rings. The van der Waals surface area contributed by atoms with Crippen molar-refractivity contribution in [2.45, 2.75) is 44.1 Å². The Hall–Kier alpha value is -2.04. The first-order valence-corrected chi connectivity index (χ1v) is 7.15. The van der Waals surface area contributed by atoms with E-state index in [1.807, 2.05) is 0 Å². The molecular formula is C15H19N3O2. The van der Waals surface area contributed by atoms with Crippen LogP contribution in [0.2, 0.25) is 0 Å². The largest absolute Gasteiger partial charge is 0.399 e. The highest BCUT2D eigenvalue weighted by Gasteiger charge is 2.51. The predicted octanol–water partition coefficient (Wildman–Crippen LogP) is 2.42. The summed E-state index contributed by atoms with van der Waals surface area (Å²) >= 11 is 0. The molecule has 1 heterocycles. The average Bonchev–Trinajstić information content (AvgIpc) is 2.60. The highest BCUT2D eigenvalue weighted by molar-refractivity contribution is 6.23. The van der Waals surface area contributed by atoms with Gasteiger partial charge < -0.3 is 11.1 Å². The van der Waals surface area contributed by atoms with Crippen LogP contribution in [-0.4, -0.2) is 17.5 Å². The van der Waals surface area contributed by atoms with Crippen LogP contribution in [0, 0.1) is 0 Å². The van der Waals surface area contributed by atoms with Gasteiger partial charge >= 0.3 is 6.03 Å². The van der Waals surface area contributed by atoms with Gasteiger partial charge in [0.15, 0.2) is 0 Å². The van der Waals surface area contributed by atoms with Crippen LogP contribution in [0.4, 0.5) is 16.2 Å². The van der Waals surface area contributed by atoms with Crippen LogP contribution in [0.25, 0.3) is 0 Å². The van der Waals surface area contributed by atoms with Gasteiger partial charge in [0, 0.05) is 5.69 Å². The third-order valence-corrected chi connectivity index (χ3v) is 4.27. The highest BCUT2D eigenvalue weighted by atomic mass is 16.2. The molecule has 1 aromatic carbocycles. The smallest absolute Gasteiger partial charge is 0.329 e. The number of amides is 3. The van der Waals surface area contributed by atoms with Crippen LogP contribution in [-0.2, 0) is 4.79 Å². The van der Waals surface area contributed by atoms with Gasteiger partial charge in [-0.15, -0.1) is 0 Å². The number of nitrogen functional groups attached to an aromatic ring is 1. The van der Waals surface area contributed by atoms with Gasteiger partial charge in [-0.05, 0) is 37.1 Å². The first kappa shape index (κ1) is 13.0. The van der Waals surface area contributed by atoms with Gasteiger partial charge in [0.1, 0.15) is 5.54 Å². The number of carbonyl (C=O) groups is 2. The maximum absolute atomic E-state index is 12.7. The average molecular weight is 273 g/mol. The number of imide groups is 1. The zero-order valence-corrected chi connectivity index (χ0v) is 11.4. The van der Waals surface area contributed by atoms with Crippen LogP contribution in [0.15, 0.2) is 24.3 Å². The quantitative estimate of drug-likeness (QED) is 0.609. The molecule has 0 bridgehead atoms. The lowest BCUT2D eigenvalue weighted by Crippen LogP contribution is -2.46. The van der Waals surface area contributed by atoms with E-state index in [1.54, 1.807) is 24.3 Å². The fourth-order valence-corrected chi connectivity index (χ4v) is 3.15. The molecule has 1 aliphatic carbocycles. The molecule has 5 nitrogen and oxygen atoms in total. The fraction of sp³-hybridized carbons (Fsp3) is 0.467. The highest BCUT2D eigenvalue weighted by Crippen LogP contribution is 2.34. The topological polar surface area (TPSA) is 75.4 Å². The van der Waals surface area contributed by atoms with Gasteiger partial charge in [-0.1, -0.05) is 25.7 Å². The number of anilines is 2. The monoisotopic (exact) mass is 273 g/mol. The van der Waals surface area contributed by atoms with Crippen LogP contribution >= 0.6 is 0 Å². The van der Waals surface area contributed by atoms with Gasteiger partial charge in [-0.25, -0.2) is 9.69 Å². The molecule has 5 heteroatoms. The molecule has 3 rings (SSSR count). The molecular weight excluding hydrogens is 254 g/mol. The van der Waals surface area contributed by atoms with Crippen LogP contribution < -0.4 is 16.0 Å². The van der Waals surface area contributed by atoms with Crippen LogP contribution in [0.1, 0.15) is 38.5 Å². The number of rotatable bonds is 1. The molecule has 1 saturated heterocycles. The van der Waals surface area contributed by atoms with Crippen LogP contribution in [0.5, 0.6) is 0 Å². The Labute approximate surface area is 118 Å². The lowest BCUT2D eigenvalue weighted by Gasteiger charge is -2.24. The van der Waals surface area contributed by atoms with E-state index in [0.717, 1.165) is 38.5 Å². The zero-order chi connectivity index (χ0) is 14.2. The van der Waals surface area contributed by atoms with E-state index in [4.69, 9.17) is 5.73 Å². The third-order valence-electron chi connectivity index (χ3n) is 4.27.